The fourth-order valence-electron chi connectivity index (χ4n) is 3.79. The molecule has 1 fully saturated rings. The normalized spacial score (nSPS) is 14.7. The molecule has 1 aliphatic heterocycles. The highest BCUT2D eigenvalue weighted by molar-refractivity contribution is 6.30. The molecule has 0 atom stereocenters. The summed E-state index contributed by atoms with van der Waals surface area (Å²) in [6.45, 7) is 6.08. The second kappa shape index (κ2) is 10.8. The molecule has 8 nitrogen and oxygen atoms in total. The molecule has 2 aromatic carbocycles. The summed E-state index contributed by atoms with van der Waals surface area (Å²) >= 11 is 0. The highest BCUT2D eigenvalue weighted by atomic mass is 16.5. The van der Waals surface area contributed by atoms with Crippen molar-refractivity contribution in [1.82, 2.24) is 10.2 Å². The van der Waals surface area contributed by atoms with Crippen molar-refractivity contribution in [3.8, 4) is 11.5 Å². The number of allylic oxidation sites excluding steroid dienone is 1. The van der Waals surface area contributed by atoms with Crippen molar-refractivity contribution in [1.29, 1.82) is 0 Å². The Kier molecular flexibility index (Phi) is 7.34. The second-order valence-corrected chi connectivity index (χ2v) is 8.27. The van der Waals surface area contributed by atoms with Crippen LogP contribution in [0.1, 0.15) is 28.0 Å². The standard InChI is InChI=1S/C28H26N2O6/c1-4-6-21-13-20(15-24(34-3)25(21)36-17-19-10-8-18(2)9-11-19)14-23-26(31)29-28(33)30(27(23)32)16-22-7-5-12-35-22/h4-5,7-15H,1,6,16-17H2,2-3H3,(H,29,31,33). The van der Waals surface area contributed by atoms with Crippen molar-refractivity contribution >= 4 is 23.9 Å². The summed E-state index contributed by atoms with van der Waals surface area (Å²) in [5.41, 5.74) is 3.30. The van der Waals surface area contributed by atoms with E-state index in [1.54, 1.807) is 30.3 Å². The van der Waals surface area contributed by atoms with Crippen LogP contribution in [0.2, 0.25) is 0 Å². The number of hydrogen-bond donors (Lipinski definition) is 1. The van der Waals surface area contributed by atoms with Crippen LogP contribution in [0.15, 0.2) is 77.4 Å². The van der Waals surface area contributed by atoms with Crippen molar-refractivity contribution in [2.24, 2.45) is 0 Å². The summed E-state index contributed by atoms with van der Waals surface area (Å²) in [6.07, 6.45) is 5.07. The Balaban J connectivity index is 1.65. The number of carbonyl (C=O) groups excluding carboxylic acids is 3. The van der Waals surface area contributed by atoms with Gasteiger partial charge in [-0.1, -0.05) is 35.9 Å². The lowest BCUT2D eigenvalue weighted by molar-refractivity contribution is -0.130. The number of furan rings is 1. The number of rotatable bonds is 9. The first-order valence-corrected chi connectivity index (χ1v) is 11.3. The Hall–Kier alpha value is -4.59. The van der Waals surface area contributed by atoms with Crippen molar-refractivity contribution < 1.29 is 28.3 Å². The average Bonchev–Trinajstić information content (AvgIpc) is 3.38. The monoisotopic (exact) mass is 486 g/mol. The number of hydrogen-bond acceptors (Lipinski definition) is 6. The van der Waals surface area contributed by atoms with Gasteiger partial charge in [0.05, 0.1) is 19.9 Å². The number of methoxy groups -OCH3 is 1. The van der Waals surface area contributed by atoms with Crippen LogP contribution in [0.4, 0.5) is 4.79 Å². The number of benzene rings is 2. The van der Waals surface area contributed by atoms with Gasteiger partial charge >= 0.3 is 6.03 Å². The Bertz CT molecular complexity index is 1320. The Morgan fingerprint density at radius 2 is 1.89 bits per heavy atom. The molecule has 1 N–H and O–H groups in total. The number of aryl methyl sites for hydroxylation is 1. The van der Waals surface area contributed by atoms with Gasteiger partial charge < -0.3 is 13.9 Å². The molecular formula is C28H26N2O6. The predicted molar refractivity (Wildman–Crippen MR) is 133 cm³/mol. The average molecular weight is 487 g/mol. The van der Waals surface area contributed by atoms with Crippen molar-refractivity contribution in [2.45, 2.75) is 26.5 Å². The summed E-state index contributed by atoms with van der Waals surface area (Å²) in [6, 6.07) is 14.0. The van der Waals surface area contributed by atoms with E-state index in [-0.39, 0.29) is 12.1 Å². The van der Waals surface area contributed by atoms with Crippen molar-refractivity contribution in [3.63, 3.8) is 0 Å². The molecule has 8 heteroatoms. The van der Waals surface area contributed by atoms with Gasteiger partial charge in [-0.15, -0.1) is 6.58 Å². The molecule has 1 saturated heterocycles. The number of ether oxygens (including phenoxy) is 2. The van der Waals surface area contributed by atoms with E-state index < -0.39 is 17.8 Å². The largest absolute Gasteiger partial charge is 0.493 e. The molecule has 1 aromatic heterocycles. The van der Waals surface area contributed by atoms with Gasteiger partial charge in [0, 0.05) is 5.56 Å². The topological polar surface area (TPSA) is 98.1 Å². The first kappa shape index (κ1) is 24.5. The fraction of sp³-hybridized carbons (Fsp3) is 0.179. The molecular weight excluding hydrogens is 460 g/mol. The molecule has 1 aliphatic rings. The molecule has 0 saturated carbocycles. The summed E-state index contributed by atoms with van der Waals surface area (Å²) < 4.78 is 16.9. The lowest BCUT2D eigenvalue weighted by Crippen LogP contribution is -2.53. The minimum absolute atomic E-state index is 0.0981. The van der Waals surface area contributed by atoms with Crippen molar-refractivity contribution in [2.75, 3.05) is 7.11 Å². The van der Waals surface area contributed by atoms with Crippen molar-refractivity contribution in [3.05, 3.63) is 101 Å². The van der Waals surface area contributed by atoms with E-state index in [9.17, 15) is 14.4 Å². The number of carbonyl (C=O) groups is 3. The molecule has 4 amide bonds. The predicted octanol–water partition coefficient (Wildman–Crippen LogP) is 4.57. The van der Waals surface area contributed by atoms with Gasteiger partial charge in [-0.3, -0.25) is 19.8 Å². The van der Waals surface area contributed by atoms with Crippen LogP contribution in [0, 0.1) is 6.92 Å². The number of nitrogens with zero attached hydrogens (tertiary/aromatic N) is 1. The van der Waals surface area contributed by atoms with Gasteiger partial charge in [-0.25, -0.2) is 4.79 Å². The van der Waals surface area contributed by atoms with Crippen LogP contribution in [-0.2, 0) is 29.2 Å². The molecule has 0 aliphatic carbocycles. The van der Waals surface area contributed by atoms with Crippen LogP contribution in [0.5, 0.6) is 11.5 Å². The summed E-state index contributed by atoms with van der Waals surface area (Å²) in [4.78, 5) is 38.8. The van der Waals surface area contributed by atoms with E-state index in [1.165, 1.54) is 19.4 Å². The number of urea groups is 1. The van der Waals surface area contributed by atoms with Gasteiger partial charge in [-0.05, 0) is 54.8 Å². The Morgan fingerprint density at radius 1 is 1.11 bits per heavy atom. The summed E-state index contributed by atoms with van der Waals surface area (Å²) in [7, 11) is 1.52. The first-order chi connectivity index (χ1) is 17.4. The smallest absolute Gasteiger partial charge is 0.331 e. The molecule has 184 valence electrons. The van der Waals surface area contributed by atoms with E-state index in [4.69, 9.17) is 13.9 Å². The van der Waals surface area contributed by atoms with Gasteiger partial charge in [0.25, 0.3) is 11.8 Å². The number of nitrogens with one attached hydrogen (secondary N) is 1. The zero-order valence-electron chi connectivity index (χ0n) is 20.1. The molecule has 2 heterocycles. The Morgan fingerprint density at radius 3 is 2.56 bits per heavy atom. The van der Waals surface area contributed by atoms with Crippen LogP contribution in [0.3, 0.4) is 0 Å². The Labute approximate surface area is 208 Å². The van der Waals surface area contributed by atoms with E-state index in [0.717, 1.165) is 21.6 Å². The van der Waals surface area contributed by atoms with Gasteiger partial charge in [-0.2, -0.15) is 0 Å². The van der Waals surface area contributed by atoms with E-state index in [1.807, 2.05) is 31.2 Å². The molecule has 0 radical (unpaired) electrons. The third-order valence-electron chi connectivity index (χ3n) is 5.63. The summed E-state index contributed by atoms with van der Waals surface area (Å²) in [5.74, 6) is -0.0828. The van der Waals surface area contributed by atoms with E-state index >= 15 is 0 Å². The fourth-order valence-corrected chi connectivity index (χ4v) is 3.79. The van der Waals surface area contributed by atoms with Crippen LogP contribution < -0.4 is 14.8 Å². The SMILES string of the molecule is C=CCc1cc(C=C2C(=O)NC(=O)N(Cc3ccco3)C2=O)cc(OC)c1OCc1ccc(C)cc1. The molecule has 0 spiro atoms. The molecule has 36 heavy (non-hydrogen) atoms. The minimum atomic E-state index is -0.802. The lowest BCUT2D eigenvalue weighted by atomic mass is 10.0. The first-order valence-electron chi connectivity index (χ1n) is 11.3. The third-order valence-corrected chi connectivity index (χ3v) is 5.63. The zero-order valence-corrected chi connectivity index (χ0v) is 20.1. The second-order valence-electron chi connectivity index (χ2n) is 8.27. The third kappa shape index (κ3) is 5.38. The van der Waals surface area contributed by atoms with E-state index in [0.29, 0.717) is 35.9 Å². The highest BCUT2D eigenvalue weighted by Gasteiger charge is 2.36. The maximum absolute atomic E-state index is 13.1. The van der Waals surface area contributed by atoms with Gasteiger partial charge in [0.2, 0.25) is 0 Å². The summed E-state index contributed by atoms with van der Waals surface area (Å²) in [5, 5.41) is 2.21. The molecule has 3 aromatic rings. The highest BCUT2D eigenvalue weighted by Crippen LogP contribution is 2.35. The lowest BCUT2D eigenvalue weighted by Gasteiger charge is -2.25. The van der Waals surface area contributed by atoms with Gasteiger partial charge in [0.1, 0.15) is 17.9 Å². The maximum Gasteiger partial charge on any atom is 0.331 e. The maximum atomic E-state index is 13.1. The minimum Gasteiger partial charge on any atom is -0.493 e. The molecule has 4 rings (SSSR count). The van der Waals surface area contributed by atoms with E-state index in [2.05, 4.69) is 11.9 Å². The van der Waals surface area contributed by atoms with Crippen LogP contribution in [0.25, 0.3) is 6.08 Å². The van der Waals surface area contributed by atoms with Gasteiger partial charge in [0.15, 0.2) is 11.5 Å². The molecule has 0 unspecified atom stereocenters. The van der Waals surface area contributed by atoms with Crippen LogP contribution >= 0.6 is 0 Å². The molecule has 0 bridgehead atoms. The number of amides is 4. The quantitative estimate of drug-likeness (QED) is 0.270. The number of imide groups is 2. The van der Waals surface area contributed by atoms with Crippen LogP contribution in [-0.4, -0.2) is 29.9 Å². The number of barbiturate groups is 1. The zero-order chi connectivity index (χ0) is 25.7.